The molecule has 0 aliphatic rings. The third-order valence-electron chi connectivity index (χ3n) is 5.90. The predicted molar refractivity (Wildman–Crippen MR) is 126 cm³/mol. The first-order valence-corrected chi connectivity index (χ1v) is 10.3. The maximum atomic E-state index is 12.9. The summed E-state index contributed by atoms with van der Waals surface area (Å²) < 4.78 is 2.34. The average Bonchev–Trinajstić information content (AvgIpc) is 3.02. The number of H-pyrrole nitrogens is 1. The number of fused-ring (bicyclic) bond motifs is 3. The van der Waals surface area contributed by atoms with E-state index < -0.39 is 0 Å². The molecule has 0 amide bonds. The van der Waals surface area contributed by atoms with Crippen LogP contribution in [0.15, 0.2) is 71.5 Å². The second-order valence-electron chi connectivity index (χ2n) is 8.19. The van der Waals surface area contributed by atoms with E-state index in [0.717, 1.165) is 27.7 Å². The molecule has 3 heteroatoms. The van der Waals surface area contributed by atoms with Gasteiger partial charge in [-0.25, -0.2) is 0 Å². The number of nitrogens with one attached hydrogen (secondary N) is 1. The summed E-state index contributed by atoms with van der Waals surface area (Å²) in [6.07, 6.45) is 0. The van der Waals surface area contributed by atoms with Gasteiger partial charge < -0.3 is 9.55 Å². The number of aryl methyl sites for hydroxylation is 4. The first-order chi connectivity index (χ1) is 14.5. The Morgan fingerprint density at radius 1 is 0.733 bits per heavy atom. The van der Waals surface area contributed by atoms with Gasteiger partial charge >= 0.3 is 0 Å². The zero-order valence-corrected chi connectivity index (χ0v) is 17.7. The molecule has 2 aromatic heterocycles. The maximum Gasteiger partial charge on any atom is 0.256 e. The van der Waals surface area contributed by atoms with Crippen LogP contribution >= 0.6 is 0 Å². The molecule has 2 heterocycles. The monoisotopic (exact) mass is 392 g/mol. The highest BCUT2D eigenvalue weighted by atomic mass is 16.1. The Balaban J connectivity index is 2.01. The van der Waals surface area contributed by atoms with Gasteiger partial charge in [-0.2, -0.15) is 0 Å². The molecule has 0 fully saturated rings. The summed E-state index contributed by atoms with van der Waals surface area (Å²) in [7, 11) is 0. The van der Waals surface area contributed by atoms with Crippen molar-refractivity contribution in [2.45, 2.75) is 27.7 Å². The highest BCUT2D eigenvalue weighted by Crippen LogP contribution is 2.38. The zero-order chi connectivity index (χ0) is 21.0. The number of pyridine rings is 1. The molecular weight excluding hydrogens is 368 g/mol. The second-order valence-corrected chi connectivity index (χ2v) is 8.19. The van der Waals surface area contributed by atoms with Crippen LogP contribution in [0.4, 0.5) is 0 Å². The highest BCUT2D eigenvalue weighted by Gasteiger charge is 2.19. The van der Waals surface area contributed by atoms with Gasteiger partial charge in [-0.05, 0) is 57.0 Å². The van der Waals surface area contributed by atoms with E-state index in [1.807, 2.05) is 25.1 Å². The summed E-state index contributed by atoms with van der Waals surface area (Å²) >= 11 is 0. The maximum absolute atomic E-state index is 12.9. The van der Waals surface area contributed by atoms with Gasteiger partial charge in [0.2, 0.25) is 0 Å². The summed E-state index contributed by atoms with van der Waals surface area (Å²) in [6.45, 7) is 8.36. The number of benzene rings is 3. The van der Waals surface area contributed by atoms with Crippen molar-refractivity contribution in [3.8, 4) is 16.8 Å². The molecule has 148 valence electrons. The van der Waals surface area contributed by atoms with Crippen molar-refractivity contribution in [1.82, 2.24) is 9.55 Å². The zero-order valence-electron chi connectivity index (χ0n) is 17.7. The fourth-order valence-corrected chi connectivity index (χ4v) is 4.78. The van der Waals surface area contributed by atoms with Crippen LogP contribution in [0.2, 0.25) is 0 Å². The standard InChI is InChI=1S/C27H24N2O/c1-16-14-17(2)25(18(3)15-16)29-24-11-6-5-8-20(24)21-9-7-10-22(26(21)29)23-13-12-19(4)28-27(23)30/h5-15H,1-4H3,(H,28,30). The number of rotatable bonds is 2. The lowest BCUT2D eigenvalue weighted by molar-refractivity contribution is 1.11. The number of hydrogen-bond donors (Lipinski definition) is 1. The Bertz CT molecular complexity index is 1480. The number of para-hydroxylation sites is 2. The molecule has 0 saturated heterocycles. The Kier molecular flexibility index (Phi) is 4.14. The molecule has 5 rings (SSSR count). The van der Waals surface area contributed by atoms with Crippen LogP contribution in [0.3, 0.4) is 0 Å². The first-order valence-electron chi connectivity index (χ1n) is 10.3. The molecule has 30 heavy (non-hydrogen) atoms. The number of aromatic amines is 1. The van der Waals surface area contributed by atoms with Crippen molar-refractivity contribution in [2.24, 2.45) is 0 Å². The Morgan fingerprint density at radius 3 is 2.17 bits per heavy atom. The summed E-state index contributed by atoms with van der Waals surface area (Å²) in [5.41, 5.74) is 9.56. The first kappa shape index (κ1) is 18.4. The van der Waals surface area contributed by atoms with Gasteiger partial charge in [0.25, 0.3) is 5.56 Å². The molecule has 0 spiro atoms. The highest BCUT2D eigenvalue weighted by molar-refractivity contribution is 6.13. The number of aromatic nitrogens is 2. The van der Waals surface area contributed by atoms with Gasteiger partial charge in [-0.3, -0.25) is 4.79 Å². The largest absolute Gasteiger partial charge is 0.326 e. The van der Waals surface area contributed by atoms with E-state index in [9.17, 15) is 4.79 Å². The summed E-state index contributed by atoms with van der Waals surface area (Å²) in [5.74, 6) is 0. The van der Waals surface area contributed by atoms with Gasteiger partial charge in [0.05, 0.1) is 16.7 Å². The molecule has 0 atom stereocenters. The third-order valence-corrected chi connectivity index (χ3v) is 5.90. The van der Waals surface area contributed by atoms with Crippen molar-refractivity contribution >= 4 is 21.8 Å². The molecule has 0 aliphatic carbocycles. The van der Waals surface area contributed by atoms with E-state index in [2.05, 4.69) is 78.9 Å². The van der Waals surface area contributed by atoms with E-state index in [1.165, 1.54) is 27.8 Å². The van der Waals surface area contributed by atoms with Crippen molar-refractivity contribution in [1.29, 1.82) is 0 Å². The van der Waals surface area contributed by atoms with E-state index in [4.69, 9.17) is 0 Å². The summed E-state index contributed by atoms with van der Waals surface area (Å²) in [4.78, 5) is 15.8. The van der Waals surface area contributed by atoms with E-state index in [0.29, 0.717) is 5.56 Å². The second kappa shape index (κ2) is 6.74. The topological polar surface area (TPSA) is 37.8 Å². The van der Waals surface area contributed by atoms with E-state index in [-0.39, 0.29) is 5.56 Å². The SMILES string of the molecule is Cc1cc(C)c(-n2c3ccccc3c3cccc(-c4ccc(C)[nH]c4=O)c32)c(C)c1. The van der Waals surface area contributed by atoms with Crippen LogP contribution in [0, 0.1) is 27.7 Å². The Labute approximate surface area is 175 Å². The van der Waals surface area contributed by atoms with Crippen LogP contribution in [0.1, 0.15) is 22.4 Å². The summed E-state index contributed by atoms with van der Waals surface area (Å²) in [5, 5.41) is 2.35. The van der Waals surface area contributed by atoms with Crippen LogP contribution < -0.4 is 5.56 Å². The van der Waals surface area contributed by atoms with Crippen molar-refractivity contribution in [3.63, 3.8) is 0 Å². The molecule has 3 aromatic carbocycles. The van der Waals surface area contributed by atoms with Gasteiger partial charge in [-0.1, -0.05) is 54.1 Å². The smallest absolute Gasteiger partial charge is 0.256 e. The molecule has 3 nitrogen and oxygen atoms in total. The van der Waals surface area contributed by atoms with Gasteiger partial charge in [0, 0.05) is 27.6 Å². The third kappa shape index (κ3) is 2.70. The van der Waals surface area contributed by atoms with Crippen molar-refractivity contribution in [3.05, 3.63) is 99.5 Å². The molecule has 0 aliphatic heterocycles. The average molecular weight is 393 g/mol. The fourth-order valence-electron chi connectivity index (χ4n) is 4.78. The lowest BCUT2D eigenvalue weighted by Gasteiger charge is -2.17. The van der Waals surface area contributed by atoms with Crippen molar-refractivity contribution in [2.75, 3.05) is 0 Å². The molecule has 0 radical (unpaired) electrons. The van der Waals surface area contributed by atoms with Crippen molar-refractivity contribution < 1.29 is 0 Å². The lowest BCUT2D eigenvalue weighted by atomic mass is 10.0. The molecule has 0 saturated carbocycles. The minimum atomic E-state index is -0.0587. The number of nitrogens with zero attached hydrogens (tertiary/aromatic N) is 1. The normalized spacial score (nSPS) is 11.5. The van der Waals surface area contributed by atoms with Crippen LogP contribution in [0.25, 0.3) is 38.6 Å². The summed E-state index contributed by atoms with van der Waals surface area (Å²) in [6, 6.07) is 23.1. The van der Waals surface area contributed by atoms with E-state index in [1.54, 1.807) is 0 Å². The van der Waals surface area contributed by atoms with Crippen LogP contribution in [-0.4, -0.2) is 9.55 Å². The Morgan fingerprint density at radius 2 is 1.43 bits per heavy atom. The van der Waals surface area contributed by atoms with Gasteiger partial charge in [0.1, 0.15) is 0 Å². The molecule has 0 bridgehead atoms. The molecule has 1 N–H and O–H groups in total. The van der Waals surface area contributed by atoms with Crippen LogP contribution in [-0.2, 0) is 0 Å². The van der Waals surface area contributed by atoms with Crippen LogP contribution in [0.5, 0.6) is 0 Å². The molecule has 5 aromatic rings. The fraction of sp³-hybridized carbons (Fsp3) is 0.148. The Hall–Kier alpha value is -3.59. The predicted octanol–water partition coefficient (Wildman–Crippen LogP) is 6.37. The quantitative estimate of drug-likeness (QED) is 0.372. The molecular formula is C27H24N2O. The number of hydrogen-bond acceptors (Lipinski definition) is 1. The minimum Gasteiger partial charge on any atom is -0.326 e. The lowest BCUT2D eigenvalue weighted by Crippen LogP contribution is -2.10. The molecule has 0 unspecified atom stereocenters. The van der Waals surface area contributed by atoms with E-state index >= 15 is 0 Å². The van der Waals surface area contributed by atoms with Gasteiger partial charge in [0.15, 0.2) is 0 Å². The van der Waals surface area contributed by atoms with Gasteiger partial charge in [-0.15, -0.1) is 0 Å². The minimum absolute atomic E-state index is 0.0587.